The largest absolute Gasteiger partial charge is 0.402 e. The zero-order chi connectivity index (χ0) is 13.8. The van der Waals surface area contributed by atoms with E-state index in [1.54, 1.807) is 6.92 Å². The van der Waals surface area contributed by atoms with Crippen molar-refractivity contribution in [3.8, 4) is 0 Å². The van der Waals surface area contributed by atoms with Crippen LogP contribution in [0.25, 0.3) is 0 Å². The zero-order valence-corrected chi connectivity index (χ0v) is 10.9. The average Bonchev–Trinajstić information content (AvgIpc) is 2.26. The van der Waals surface area contributed by atoms with Gasteiger partial charge in [-0.05, 0) is 38.8 Å². The third-order valence-electron chi connectivity index (χ3n) is 2.85. The summed E-state index contributed by atoms with van der Waals surface area (Å²) in [6.07, 6.45) is -2.76. The molecule has 108 valence electrons. The second-order valence-electron chi connectivity index (χ2n) is 4.45. The van der Waals surface area contributed by atoms with Gasteiger partial charge in [0.2, 0.25) is 0 Å². The van der Waals surface area contributed by atoms with E-state index in [9.17, 15) is 21.6 Å². The molecule has 2 atom stereocenters. The fourth-order valence-electron chi connectivity index (χ4n) is 1.87. The molecule has 0 radical (unpaired) electrons. The number of piperidine rings is 1. The highest BCUT2D eigenvalue weighted by atomic mass is 32.2. The van der Waals surface area contributed by atoms with Crippen molar-refractivity contribution in [3.63, 3.8) is 0 Å². The first-order chi connectivity index (χ1) is 8.20. The van der Waals surface area contributed by atoms with Gasteiger partial charge in [0.15, 0.2) is 0 Å². The third kappa shape index (κ3) is 5.98. The van der Waals surface area contributed by atoms with Crippen molar-refractivity contribution >= 4 is 10.2 Å². The van der Waals surface area contributed by atoms with Gasteiger partial charge in [0.05, 0.1) is 0 Å². The van der Waals surface area contributed by atoms with E-state index in [0.29, 0.717) is 6.54 Å². The van der Waals surface area contributed by atoms with Crippen molar-refractivity contribution in [3.05, 3.63) is 0 Å². The Morgan fingerprint density at radius 1 is 1.44 bits per heavy atom. The second-order valence-corrected chi connectivity index (χ2v) is 5.98. The molecule has 1 rings (SSSR count). The van der Waals surface area contributed by atoms with Gasteiger partial charge in [-0.1, -0.05) is 0 Å². The number of rotatable bonds is 5. The van der Waals surface area contributed by atoms with Gasteiger partial charge in [-0.2, -0.15) is 31.0 Å². The van der Waals surface area contributed by atoms with Crippen LogP contribution in [-0.4, -0.2) is 40.3 Å². The van der Waals surface area contributed by atoms with Crippen molar-refractivity contribution in [2.75, 3.05) is 19.6 Å². The molecule has 0 aromatic heterocycles. The van der Waals surface area contributed by atoms with Gasteiger partial charge in [0, 0.05) is 6.04 Å². The lowest BCUT2D eigenvalue weighted by Gasteiger charge is -2.28. The number of hydrogen-bond acceptors (Lipinski definition) is 3. The Labute approximate surface area is 105 Å². The SMILES string of the molecule is CC(NS(=O)(=O)NCC(F)(F)F)C1CCCNC1. The van der Waals surface area contributed by atoms with Crippen LogP contribution in [0.5, 0.6) is 0 Å². The fraction of sp³-hybridized carbons (Fsp3) is 1.00. The number of nitrogens with one attached hydrogen (secondary N) is 3. The molecule has 9 heteroatoms. The van der Waals surface area contributed by atoms with Gasteiger partial charge in [-0.3, -0.25) is 0 Å². The van der Waals surface area contributed by atoms with Crippen LogP contribution in [0.15, 0.2) is 0 Å². The van der Waals surface area contributed by atoms with Crippen molar-refractivity contribution in [1.82, 2.24) is 14.8 Å². The highest BCUT2D eigenvalue weighted by Gasteiger charge is 2.30. The standard InChI is InChI=1S/C9H18F3N3O2S/c1-7(8-3-2-4-13-5-8)15-18(16,17)14-6-9(10,11)12/h7-8,13-15H,2-6H2,1H3. The van der Waals surface area contributed by atoms with Crippen molar-refractivity contribution in [1.29, 1.82) is 0 Å². The smallest absolute Gasteiger partial charge is 0.316 e. The van der Waals surface area contributed by atoms with E-state index in [-0.39, 0.29) is 5.92 Å². The summed E-state index contributed by atoms with van der Waals surface area (Å²) in [7, 11) is -4.11. The Morgan fingerprint density at radius 3 is 2.61 bits per heavy atom. The molecule has 0 amide bonds. The van der Waals surface area contributed by atoms with Crippen LogP contribution < -0.4 is 14.8 Å². The van der Waals surface area contributed by atoms with Gasteiger partial charge in [-0.15, -0.1) is 0 Å². The first kappa shape index (κ1) is 15.7. The van der Waals surface area contributed by atoms with Gasteiger partial charge >= 0.3 is 6.18 Å². The van der Waals surface area contributed by atoms with Gasteiger partial charge in [0.25, 0.3) is 10.2 Å². The Bertz CT molecular complexity index is 353. The predicted octanol–water partition coefficient (Wildman–Crippen LogP) is 0.361. The molecule has 0 aliphatic carbocycles. The molecule has 3 N–H and O–H groups in total. The maximum Gasteiger partial charge on any atom is 0.402 e. The molecule has 0 aromatic carbocycles. The molecule has 1 aliphatic heterocycles. The molecular formula is C9H18F3N3O2S. The summed E-state index contributed by atoms with van der Waals surface area (Å²) in [5, 5.41) is 3.12. The third-order valence-corrected chi connectivity index (χ3v) is 4.05. The van der Waals surface area contributed by atoms with E-state index in [1.807, 2.05) is 0 Å². The molecule has 18 heavy (non-hydrogen) atoms. The maximum absolute atomic E-state index is 11.9. The van der Waals surface area contributed by atoms with Crippen molar-refractivity contribution in [2.24, 2.45) is 5.92 Å². The highest BCUT2D eigenvalue weighted by Crippen LogP contribution is 2.15. The van der Waals surface area contributed by atoms with Gasteiger partial charge < -0.3 is 5.32 Å². The molecule has 0 saturated carbocycles. The van der Waals surface area contributed by atoms with Crippen molar-refractivity contribution in [2.45, 2.75) is 32.0 Å². The van der Waals surface area contributed by atoms with Crippen LogP contribution >= 0.6 is 0 Å². The lowest BCUT2D eigenvalue weighted by atomic mass is 9.94. The summed E-state index contributed by atoms with van der Waals surface area (Å²) in [6.45, 7) is 1.66. The normalized spacial score (nSPS) is 23.9. The maximum atomic E-state index is 11.9. The van der Waals surface area contributed by atoms with Crippen molar-refractivity contribution < 1.29 is 21.6 Å². The molecule has 1 fully saturated rings. The van der Waals surface area contributed by atoms with Crippen LogP contribution in [-0.2, 0) is 10.2 Å². The lowest BCUT2D eigenvalue weighted by molar-refractivity contribution is -0.121. The fourth-order valence-corrected chi connectivity index (χ4v) is 2.98. The molecule has 2 unspecified atom stereocenters. The van der Waals surface area contributed by atoms with Gasteiger partial charge in [0.1, 0.15) is 6.54 Å². The summed E-state index contributed by atoms with van der Waals surface area (Å²) in [4.78, 5) is 0. The summed E-state index contributed by atoms with van der Waals surface area (Å²) in [5.74, 6) is 0.0983. The van der Waals surface area contributed by atoms with E-state index in [1.165, 1.54) is 4.72 Å². The van der Waals surface area contributed by atoms with E-state index >= 15 is 0 Å². The molecule has 1 saturated heterocycles. The van der Waals surface area contributed by atoms with E-state index < -0.39 is 29.0 Å². The minimum absolute atomic E-state index is 0.0983. The first-order valence-corrected chi connectivity index (χ1v) is 7.22. The minimum atomic E-state index is -4.55. The zero-order valence-electron chi connectivity index (χ0n) is 10.0. The van der Waals surface area contributed by atoms with E-state index in [4.69, 9.17) is 0 Å². The predicted molar refractivity (Wildman–Crippen MR) is 61.2 cm³/mol. The van der Waals surface area contributed by atoms with Crippen LogP contribution in [0.2, 0.25) is 0 Å². The monoisotopic (exact) mass is 289 g/mol. The lowest BCUT2D eigenvalue weighted by Crippen LogP contribution is -2.49. The number of alkyl halides is 3. The first-order valence-electron chi connectivity index (χ1n) is 5.74. The topological polar surface area (TPSA) is 70.2 Å². The molecule has 0 bridgehead atoms. The highest BCUT2D eigenvalue weighted by molar-refractivity contribution is 7.87. The molecule has 0 aromatic rings. The molecule has 1 heterocycles. The summed E-state index contributed by atoms with van der Waals surface area (Å²) in [6, 6.07) is -0.400. The Morgan fingerprint density at radius 2 is 2.11 bits per heavy atom. The summed E-state index contributed by atoms with van der Waals surface area (Å²) in [5.41, 5.74) is 0. The summed E-state index contributed by atoms with van der Waals surface area (Å²) < 4.78 is 62.2. The van der Waals surface area contributed by atoms with Crippen LogP contribution in [0.3, 0.4) is 0 Å². The quantitative estimate of drug-likeness (QED) is 0.684. The van der Waals surface area contributed by atoms with Crippen LogP contribution in [0, 0.1) is 5.92 Å². The Hall–Kier alpha value is -0.380. The van der Waals surface area contributed by atoms with Crippen LogP contribution in [0.1, 0.15) is 19.8 Å². The van der Waals surface area contributed by atoms with Crippen LogP contribution in [0.4, 0.5) is 13.2 Å². The van der Waals surface area contributed by atoms with E-state index in [0.717, 1.165) is 19.4 Å². The number of hydrogen-bond donors (Lipinski definition) is 3. The molecule has 0 spiro atoms. The minimum Gasteiger partial charge on any atom is -0.316 e. The second kappa shape index (κ2) is 6.18. The average molecular weight is 289 g/mol. The Kier molecular flexibility index (Phi) is 5.38. The molecule has 1 aliphatic rings. The van der Waals surface area contributed by atoms with Gasteiger partial charge in [-0.25, -0.2) is 0 Å². The van der Waals surface area contributed by atoms with E-state index in [2.05, 4.69) is 10.0 Å². The Balaban J connectivity index is 2.43. The summed E-state index contributed by atoms with van der Waals surface area (Å²) >= 11 is 0. The molecule has 5 nitrogen and oxygen atoms in total. The molecular weight excluding hydrogens is 271 g/mol. The number of halogens is 3.